The topological polar surface area (TPSA) is 89.9 Å². The Balaban J connectivity index is 1.11. The van der Waals surface area contributed by atoms with Crippen LogP contribution in [-0.2, 0) is 34.1 Å². The largest absolute Gasteiger partial charge is 0.493 e. The normalized spacial score (nSPS) is 18.9. The SMILES string of the molecule is O=C(O)CC(c1ccc(OCc2ccc3c(c2)-c2ccc(OCC4CCS(=O)(=O)CC4)cc2CCC3)cc1)C1CC1. The summed E-state index contributed by atoms with van der Waals surface area (Å²) in [6, 6.07) is 20.9. The summed E-state index contributed by atoms with van der Waals surface area (Å²) in [5.74, 6) is 2.31. The van der Waals surface area contributed by atoms with Crippen LogP contribution in [0.1, 0.15) is 66.7 Å². The lowest BCUT2D eigenvalue weighted by Crippen LogP contribution is -2.26. The Hall–Kier alpha value is -3.32. The van der Waals surface area contributed by atoms with Crippen molar-refractivity contribution >= 4 is 15.8 Å². The van der Waals surface area contributed by atoms with Gasteiger partial charge in [0.25, 0.3) is 0 Å². The summed E-state index contributed by atoms with van der Waals surface area (Å²) in [4.78, 5) is 11.3. The first kappa shape index (κ1) is 27.8. The molecular weight excluding hydrogens is 536 g/mol. The highest BCUT2D eigenvalue weighted by Gasteiger charge is 2.33. The zero-order chi connectivity index (χ0) is 28.4. The predicted molar refractivity (Wildman–Crippen MR) is 159 cm³/mol. The van der Waals surface area contributed by atoms with E-state index in [1.54, 1.807) is 0 Å². The third-order valence-electron chi connectivity index (χ3n) is 8.89. The van der Waals surface area contributed by atoms with E-state index in [0.29, 0.717) is 37.9 Å². The smallest absolute Gasteiger partial charge is 0.303 e. The maximum atomic E-state index is 11.7. The number of benzene rings is 3. The molecule has 3 aliphatic rings. The number of carboxylic acid groups (broad SMARTS) is 1. The lowest BCUT2D eigenvalue weighted by Gasteiger charge is -2.22. The number of carboxylic acids is 1. The van der Waals surface area contributed by atoms with Crippen molar-refractivity contribution in [2.24, 2.45) is 11.8 Å². The van der Waals surface area contributed by atoms with Crippen molar-refractivity contribution in [3.8, 4) is 22.6 Å². The van der Waals surface area contributed by atoms with Gasteiger partial charge in [-0.3, -0.25) is 4.79 Å². The lowest BCUT2D eigenvalue weighted by molar-refractivity contribution is -0.137. The Morgan fingerprint density at radius 1 is 0.829 bits per heavy atom. The molecule has 41 heavy (non-hydrogen) atoms. The van der Waals surface area contributed by atoms with Gasteiger partial charge in [-0.15, -0.1) is 0 Å². The molecule has 6 nitrogen and oxygen atoms in total. The predicted octanol–water partition coefficient (Wildman–Crippen LogP) is 6.59. The highest BCUT2D eigenvalue weighted by atomic mass is 32.2. The number of aliphatic carboxylic acids is 1. The van der Waals surface area contributed by atoms with Crippen LogP contribution >= 0.6 is 0 Å². The third-order valence-corrected chi connectivity index (χ3v) is 10.6. The van der Waals surface area contributed by atoms with Crippen LogP contribution in [-0.4, -0.2) is 37.6 Å². The highest BCUT2D eigenvalue weighted by Crippen LogP contribution is 2.44. The molecule has 0 bridgehead atoms. The van der Waals surface area contributed by atoms with Gasteiger partial charge in [0.05, 0.1) is 24.5 Å². The van der Waals surface area contributed by atoms with Crippen molar-refractivity contribution in [2.75, 3.05) is 18.1 Å². The van der Waals surface area contributed by atoms with E-state index in [1.807, 2.05) is 30.3 Å². The Kier molecular flexibility index (Phi) is 8.07. The van der Waals surface area contributed by atoms with Gasteiger partial charge in [0.2, 0.25) is 0 Å². The number of ether oxygens (including phenoxy) is 2. The fourth-order valence-corrected chi connectivity index (χ4v) is 7.91. The molecule has 7 heteroatoms. The van der Waals surface area contributed by atoms with Crippen LogP contribution in [0.5, 0.6) is 11.5 Å². The van der Waals surface area contributed by atoms with Gasteiger partial charge in [0, 0.05) is 0 Å². The lowest BCUT2D eigenvalue weighted by atomic mass is 9.91. The second-order valence-corrected chi connectivity index (χ2v) is 14.3. The van der Waals surface area contributed by atoms with Crippen LogP contribution in [0.3, 0.4) is 0 Å². The molecule has 1 unspecified atom stereocenters. The molecule has 1 atom stereocenters. The minimum atomic E-state index is -2.86. The zero-order valence-electron chi connectivity index (χ0n) is 23.4. The van der Waals surface area contributed by atoms with Gasteiger partial charge in [-0.25, -0.2) is 8.42 Å². The number of rotatable bonds is 10. The van der Waals surface area contributed by atoms with Crippen LogP contribution in [0.2, 0.25) is 0 Å². The van der Waals surface area contributed by atoms with Crippen molar-refractivity contribution in [3.05, 3.63) is 82.9 Å². The van der Waals surface area contributed by atoms with Gasteiger partial charge >= 0.3 is 5.97 Å². The number of sulfone groups is 1. The molecule has 0 spiro atoms. The standard InChI is InChI=1S/C34H38O6S/c35-34(36)20-32(26-6-7-26)27-8-10-29(11-9-27)39-22-24-4-5-25-2-1-3-28-19-30(12-13-31(28)33(25)18-24)40-21-23-14-16-41(37,38)17-15-23/h4-5,8-13,18-19,23,26,32H,1-3,6-7,14-17,20-22H2,(H,35,36). The van der Waals surface area contributed by atoms with E-state index in [1.165, 1.54) is 22.3 Å². The van der Waals surface area contributed by atoms with Crippen LogP contribution in [0.15, 0.2) is 60.7 Å². The van der Waals surface area contributed by atoms with E-state index in [0.717, 1.165) is 54.7 Å². The van der Waals surface area contributed by atoms with Crippen LogP contribution in [0.25, 0.3) is 11.1 Å². The number of aryl methyl sites for hydroxylation is 2. The van der Waals surface area contributed by atoms with Crippen molar-refractivity contribution < 1.29 is 27.8 Å². The summed E-state index contributed by atoms with van der Waals surface area (Å²) in [6.45, 7) is 1.02. The summed E-state index contributed by atoms with van der Waals surface area (Å²) in [5, 5.41) is 9.30. The van der Waals surface area contributed by atoms with E-state index in [9.17, 15) is 18.3 Å². The molecule has 2 fully saturated rings. The van der Waals surface area contributed by atoms with Crippen molar-refractivity contribution in [1.82, 2.24) is 0 Å². The molecule has 1 N–H and O–H groups in total. The molecule has 3 aromatic carbocycles. The maximum absolute atomic E-state index is 11.7. The molecule has 1 saturated carbocycles. The molecule has 2 aliphatic carbocycles. The molecule has 6 rings (SSSR count). The minimum Gasteiger partial charge on any atom is -0.493 e. The van der Waals surface area contributed by atoms with Gasteiger partial charge in [-0.2, -0.15) is 0 Å². The molecule has 1 aliphatic heterocycles. The van der Waals surface area contributed by atoms with Gasteiger partial charge < -0.3 is 14.6 Å². The van der Waals surface area contributed by atoms with Crippen molar-refractivity contribution in [2.45, 2.75) is 63.9 Å². The number of hydrogen-bond donors (Lipinski definition) is 1. The fraction of sp³-hybridized carbons (Fsp3) is 0.441. The van der Waals surface area contributed by atoms with E-state index < -0.39 is 15.8 Å². The summed E-state index contributed by atoms with van der Waals surface area (Å²) in [6.07, 6.45) is 6.87. The summed E-state index contributed by atoms with van der Waals surface area (Å²) in [5.41, 5.74) is 7.31. The Morgan fingerprint density at radius 3 is 2.29 bits per heavy atom. The Labute approximate surface area is 242 Å². The number of carbonyl (C=O) groups is 1. The summed E-state index contributed by atoms with van der Waals surface area (Å²) >= 11 is 0. The van der Waals surface area contributed by atoms with Gasteiger partial charge in [0.15, 0.2) is 0 Å². The van der Waals surface area contributed by atoms with Gasteiger partial charge in [-0.1, -0.05) is 30.3 Å². The first-order chi connectivity index (χ1) is 19.8. The first-order valence-electron chi connectivity index (χ1n) is 14.9. The van der Waals surface area contributed by atoms with Gasteiger partial charge in [-0.05, 0) is 126 Å². The molecule has 0 aromatic heterocycles. The second-order valence-electron chi connectivity index (χ2n) is 12.0. The summed E-state index contributed by atoms with van der Waals surface area (Å²) in [7, 11) is -2.86. The van der Waals surface area contributed by atoms with E-state index in [4.69, 9.17) is 9.47 Å². The third kappa shape index (κ3) is 6.95. The fourth-order valence-electron chi connectivity index (χ4n) is 6.32. The molecule has 0 radical (unpaired) electrons. The monoisotopic (exact) mass is 574 g/mol. The molecule has 0 amide bonds. The quantitative estimate of drug-likeness (QED) is 0.294. The Bertz CT molecular complexity index is 1490. The number of fused-ring (bicyclic) bond motifs is 3. The zero-order valence-corrected chi connectivity index (χ0v) is 24.2. The van der Waals surface area contributed by atoms with E-state index in [2.05, 4.69) is 30.3 Å². The van der Waals surface area contributed by atoms with Gasteiger partial charge in [0.1, 0.15) is 27.9 Å². The Morgan fingerprint density at radius 2 is 1.56 bits per heavy atom. The average molecular weight is 575 g/mol. The number of hydrogen-bond acceptors (Lipinski definition) is 5. The van der Waals surface area contributed by atoms with Crippen LogP contribution in [0.4, 0.5) is 0 Å². The van der Waals surface area contributed by atoms with Crippen molar-refractivity contribution in [3.63, 3.8) is 0 Å². The molecule has 216 valence electrons. The van der Waals surface area contributed by atoms with Crippen LogP contribution < -0.4 is 9.47 Å². The maximum Gasteiger partial charge on any atom is 0.303 e. The highest BCUT2D eigenvalue weighted by molar-refractivity contribution is 7.91. The van der Waals surface area contributed by atoms with Crippen molar-refractivity contribution in [1.29, 1.82) is 0 Å². The molecule has 1 heterocycles. The molecule has 3 aromatic rings. The van der Waals surface area contributed by atoms with E-state index >= 15 is 0 Å². The summed E-state index contributed by atoms with van der Waals surface area (Å²) < 4.78 is 35.7. The molecule has 1 saturated heterocycles. The first-order valence-corrected chi connectivity index (χ1v) is 16.7. The van der Waals surface area contributed by atoms with E-state index in [-0.39, 0.29) is 23.8 Å². The van der Waals surface area contributed by atoms with Crippen LogP contribution in [0, 0.1) is 11.8 Å². The average Bonchev–Trinajstić information content (AvgIpc) is 3.82. The molecular formula is C34H38O6S. The second kappa shape index (κ2) is 11.9. The minimum absolute atomic E-state index is 0.0863.